The first kappa shape index (κ1) is 20.3. The van der Waals surface area contributed by atoms with Gasteiger partial charge < -0.3 is 4.74 Å². The highest BCUT2D eigenvalue weighted by atomic mass is 16.5. The third-order valence-corrected chi connectivity index (χ3v) is 5.98. The summed E-state index contributed by atoms with van der Waals surface area (Å²) in [7, 11) is 0. The van der Waals surface area contributed by atoms with Crippen LogP contribution in [-0.4, -0.2) is 25.0 Å². The highest BCUT2D eigenvalue weighted by Crippen LogP contribution is 2.46. The fourth-order valence-electron chi connectivity index (χ4n) is 4.11. The molecule has 28 heavy (non-hydrogen) atoms. The standard InChI is InChI=1S/C24H29N3O/c1-3-4-19(16-25)13-18(2)5-8-22-14-21(15-23(27-22)20-6-7-20)24(17-26)9-11-28-12-10-24/h3-4,13-14,20,23H,2,5-12,15H2,1H3/b4-3-,19-13+. The molecule has 1 saturated carbocycles. The van der Waals surface area contributed by atoms with Crippen molar-refractivity contribution in [2.24, 2.45) is 16.3 Å². The molecule has 4 heteroatoms. The highest BCUT2D eigenvalue weighted by molar-refractivity contribution is 5.96. The minimum atomic E-state index is -0.386. The lowest BCUT2D eigenvalue weighted by atomic mass is 9.71. The summed E-state index contributed by atoms with van der Waals surface area (Å²) >= 11 is 0. The van der Waals surface area contributed by atoms with Crippen LogP contribution in [0.5, 0.6) is 0 Å². The summed E-state index contributed by atoms with van der Waals surface area (Å²) in [5.41, 5.74) is 3.51. The molecule has 0 aromatic carbocycles. The third-order valence-electron chi connectivity index (χ3n) is 5.98. The smallest absolute Gasteiger partial charge is 0.0991 e. The SMILES string of the molecule is C=C(/C=C(C#N)\C=C/C)CCC1=NC(C2CC2)CC(C2(C#N)CCOCC2)=C1. The number of aliphatic imine (C=N–C) groups is 1. The molecule has 3 rings (SSSR count). The lowest BCUT2D eigenvalue weighted by Crippen LogP contribution is -2.33. The molecule has 1 unspecified atom stereocenters. The van der Waals surface area contributed by atoms with Crippen LogP contribution in [0.3, 0.4) is 0 Å². The summed E-state index contributed by atoms with van der Waals surface area (Å²) in [4.78, 5) is 5.02. The molecule has 0 spiro atoms. The van der Waals surface area contributed by atoms with Crippen LogP contribution in [0.15, 0.2) is 52.6 Å². The van der Waals surface area contributed by atoms with Crippen LogP contribution < -0.4 is 0 Å². The molecule has 0 aromatic rings. The largest absolute Gasteiger partial charge is 0.381 e. The van der Waals surface area contributed by atoms with Crippen LogP contribution >= 0.6 is 0 Å². The molecule has 0 radical (unpaired) electrons. The summed E-state index contributed by atoms with van der Waals surface area (Å²) in [6, 6.07) is 5.14. The average molecular weight is 376 g/mol. The van der Waals surface area contributed by atoms with Gasteiger partial charge in [-0.15, -0.1) is 0 Å². The Morgan fingerprint density at radius 2 is 2.11 bits per heavy atom. The summed E-state index contributed by atoms with van der Waals surface area (Å²) in [6.45, 7) is 7.33. The molecule has 0 bridgehead atoms. The van der Waals surface area contributed by atoms with Crippen LogP contribution in [0.25, 0.3) is 0 Å². The van der Waals surface area contributed by atoms with E-state index in [0.29, 0.717) is 30.7 Å². The molecule has 2 fully saturated rings. The molecular formula is C24H29N3O. The van der Waals surface area contributed by atoms with Gasteiger partial charge in [-0.05, 0) is 81.6 Å². The predicted molar refractivity (Wildman–Crippen MR) is 112 cm³/mol. The predicted octanol–water partition coefficient (Wildman–Crippen LogP) is 5.22. The number of dihydropyridines is 1. The zero-order valence-corrected chi connectivity index (χ0v) is 16.8. The second-order valence-corrected chi connectivity index (χ2v) is 8.07. The minimum absolute atomic E-state index is 0.324. The van der Waals surface area contributed by atoms with Gasteiger partial charge in [0.05, 0.1) is 29.2 Å². The van der Waals surface area contributed by atoms with Crippen molar-refractivity contribution >= 4 is 5.71 Å². The van der Waals surface area contributed by atoms with E-state index in [9.17, 15) is 10.5 Å². The third kappa shape index (κ3) is 4.89. The van der Waals surface area contributed by atoms with Gasteiger partial charge in [-0.3, -0.25) is 4.99 Å². The van der Waals surface area contributed by atoms with Crippen molar-refractivity contribution < 1.29 is 4.74 Å². The van der Waals surface area contributed by atoms with Crippen molar-refractivity contribution in [3.8, 4) is 12.1 Å². The van der Waals surface area contributed by atoms with E-state index in [1.54, 1.807) is 6.08 Å². The number of nitrogens with zero attached hydrogens (tertiary/aromatic N) is 3. The topological polar surface area (TPSA) is 69.2 Å². The fourth-order valence-corrected chi connectivity index (χ4v) is 4.11. The normalized spacial score (nSPS) is 24.8. The van der Waals surface area contributed by atoms with E-state index >= 15 is 0 Å². The summed E-state index contributed by atoms with van der Waals surface area (Å²) < 4.78 is 5.52. The lowest BCUT2D eigenvalue weighted by molar-refractivity contribution is 0.0524. The van der Waals surface area contributed by atoms with Crippen LogP contribution in [0.1, 0.15) is 51.9 Å². The van der Waals surface area contributed by atoms with Crippen molar-refractivity contribution in [1.29, 1.82) is 10.5 Å². The molecule has 1 saturated heterocycles. The van der Waals surface area contributed by atoms with E-state index in [1.807, 2.05) is 19.1 Å². The maximum atomic E-state index is 9.97. The first-order valence-corrected chi connectivity index (χ1v) is 10.3. The first-order chi connectivity index (χ1) is 13.6. The number of rotatable bonds is 7. The van der Waals surface area contributed by atoms with E-state index in [2.05, 4.69) is 24.8 Å². The summed E-state index contributed by atoms with van der Waals surface area (Å²) in [5, 5.41) is 19.1. The zero-order valence-electron chi connectivity index (χ0n) is 16.8. The van der Waals surface area contributed by atoms with E-state index in [4.69, 9.17) is 9.73 Å². The fraction of sp³-hybridized carbons (Fsp3) is 0.542. The zero-order chi connectivity index (χ0) is 20.0. The molecule has 146 valence electrons. The quantitative estimate of drug-likeness (QED) is 0.452. The van der Waals surface area contributed by atoms with Crippen LogP contribution in [0, 0.1) is 34.0 Å². The van der Waals surface area contributed by atoms with Gasteiger partial charge in [0.1, 0.15) is 0 Å². The van der Waals surface area contributed by atoms with Gasteiger partial charge in [0.2, 0.25) is 0 Å². The van der Waals surface area contributed by atoms with Crippen molar-refractivity contribution in [3.63, 3.8) is 0 Å². The Morgan fingerprint density at radius 3 is 2.71 bits per heavy atom. The molecule has 3 aliphatic rings. The second-order valence-electron chi connectivity index (χ2n) is 8.07. The van der Waals surface area contributed by atoms with Gasteiger partial charge in [-0.2, -0.15) is 10.5 Å². The Kier molecular flexibility index (Phi) is 6.65. The van der Waals surface area contributed by atoms with Crippen molar-refractivity contribution in [1.82, 2.24) is 0 Å². The molecule has 4 nitrogen and oxygen atoms in total. The first-order valence-electron chi connectivity index (χ1n) is 10.3. The van der Waals surface area contributed by atoms with Crippen LogP contribution in [0.2, 0.25) is 0 Å². The minimum Gasteiger partial charge on any atom is -0.381 e. The maximum absolute atomic E-state index is 9.97. The average Bonchev–Trinajstić information content (AvgIpc) is 3.57. The number of hydrogen-bond acceptors (Lipinski definition) is 4. The van der Waals surface area contributed by atoms with Gasteiger partial charge in [-0.25, -0.2) is 0 Å². The van der Waals surface area contributed by atoms with Crippen LogP contribution in [0.4, 0.5) is 0 Å². The Hall–Kier alpha value is -2.43. The van der Waals surface area contributed by atoms with Gasteiger partial charge in [0, 0.05) is 18.9 Å². The molecular weight excluding hydrogens is 346 g/mol. The maximum Gasteiger partial charge on any atom is 0.0991 e. The number of nitriles is 2. The Labute approximate surface area is 168 Å². The Bertz CT molecular complexity index is 806. The molecule has 1 aliphatic carbocycles. The molecule has 0 amide bonds. The van der Waals surface area contributed by atoms with E-state index in [0.717, 1.165) is 43.4 Å². The van der Waals surface area contributed by atoms with Crippen molar-refractivity contribution in [2.45, 2.75) is 57.9 Å². The second kappa shape index (κ2) is 9.18. The lowest BCUT2D eigenvalue weighted by Gasteiger charge is -2.36. The van der Waals surface area contributed by atoms with Gasteiger partial charge in [-0.1, -0.05) is 18.2 Å². The molecule has 0 N–H and O–H groups in total. The molecule has 2 aliphatic heterocycles. The highest BCUT2D eigenvalue weighted by Gasteiger charge is 2.41. The Balaban J connectivity index is 1.75. The van der Waals surface area contributed by atoms with Gasteiger partial charge in [0.25, 0.3) is 0 Å². The number of allylic oxidation sites excluding steroid dienone is 6. The number of hydrogen-bond donors (Lipinski definition) is 0. The van der Waals surface area contributed by atoms with Crippen molar-refractivity contribution in [3.05, 3.63) is 47.6 Å². The van der Waals surface area contributed by atoms with Crippen LogP contribution in [-0.2, 0) is 4.74 Å². The van der Waals surface area contributed by atoms with E-state index in [-0.39, 0.29) is 5.41 Å². The van der Waals surface area contributed by atoms with Gasteiger partial charge in [0.15, 0.2) is 0 Å². The Morgan fingerprint density at radius 1 is 1.36 bits per heavy atom. The number of ether oxygens (including phenoxy) is 1. The molecule has 0 aromatic heterocycles. The molecule has 1 atom stereocenters. The summed E-state index contributed by atoms with van der Waals surface area (Å²) in [6.07, 6.45) is 14.2. The van der Waals surface area contributed by atoms with Gasteiger partial charge >= 0.3 is 0 Å². The summed E-state index contributed by atoms with van der Waals surface area (Å²) in [5.74, 6) is 0.678. The molecule has 2 heterocycles. The monoisotopic (exact) mass is 375 g/mol. The van der Waals surface area contributed by atoms with E-state index in [1.165, 1.54) is 18.4 Å². The van der Waals surface area contributed by atoms with Crippen molar-refractivity contribution in [2.75, 3.05) is 13.2 Å². The van der Waals surface area contributed by atoms with E-state index < -0.39 is 0 Å².